The average Bonchev–Trinajstić information content (AvgIpc) is 3.21. The fourth-order valence-corrected chi connectivity index (χ4v) is 6.98. The van der Waals surface area contributed by atoms with Gasteiger partial charge in [-0.05, 0) is 49.6 Å². The first-order valence-electron chi connectivity index (χ1n) is 12.4. The molecule has 1 aliphatic carbocycles. The van der Waals surface area contributed by atoms with Crippen molar-refractivity contribution < 1.29 is 13.2 Å². The molecule has 0 N–H and O–H groups in total. The molecule has 0 radical (unpaired) electrons. The third-order valence-electron chi connectivity index (χ3n) is 7.22. The average molecular weight is 491 g/mol. The summed E-state index contributed by atoms with van der Waals surface area (Å²) in [7, 11) is -3.48. The Kier molecular flexibility index (Phi) is 6.82. The van der Waals surface area contributed by atoms with E-state index in [0.29, 0.717) is 37.7 Å². The minimum atomic E-state index is -3.48. The highest BCUT2D eigenvalue weighted by Gasteiger charge is 2.39. The van der Waals surface area contributed by atoms with Gasteiger partial charge in [0, 0.05) is 32.6 Å². The highest BCUT2D eigenvalue weighted by molar-refractivity contribution is 7.89. The van der Waals surface area contributed by atoms with Gasteiger partial charge < -0.3 is 4.74 Å². The van der Waals surface area contributed by atoms with Gasteiger partial charge in [-0.25, -0.2) is 8.42 Å². The normalized spacial score (nSPS) is 21.2. The molecule has 0 unspecified atom stereocenters. The molecule has 2 aliphatic rings. The Morgan fingerprint density at radius 1 is 0.829 bits per heavy atom. The van der Waals surface area contributed by atoms with Crippen LogP contribution in [-0.2, 0) is 27.8 Å². The maximum Gasteiger partial charge on any atom is 0.243 e. The monoisotopic (exact) mass is 490 g/mol. The van der Waals surface area contributed by atoms with Crippen molar-refractivity contribution >= 4 is 10.0 Å². The molecule has 2 atom stereocenters. The van der Waals surface area contributed by atoms with Gasteiger partial charge in [-0.1, -0.05) is 71.3 Å². The van der Waals surface area contributed by atoms with Crippen LogP contribution in [0.4, 0.5) is 0 Å². The van der Waals surface area contributed by atoms with Gasteiger partial charge >= 0.3 is 0 Å². The van der Waals surface area contributed by atoms with Gasteiger partial charge in [-0.2, -0.15) is 4.31 Å². The summed E-state index contributed by atoms with van der Waals surface area (Å²) >= 11 is 0. The van der Waals surface area contributed by atoms with E-state index in [-0.39, 0.29) is 12.1 Å². The Labute approximate surface area is 209 Å². The summed E-state index contributed by atoms with van der Waals surface area (Å²) in [4.78, 5) is 2.79. The molecule has 6 heteroatoms. The number of sulfonamides is 1. The molecular weight excluding hydrogens is 456 g/mol. The van der Waals surface area contributed by atoms with Crippen LogP contribution in [0.15, 0.2) is 71.6 Å². The fourth-order valence-electron chi connectivity index (χ4n) is 5.56. The predicted molar refractivity (Wildman–Crippen MR) is 139 cm³/mol. The molecule has 0 spiro atoms. The Balaban J connectivity index is 1.31. The van der Waals surface area contributed by atoms with Crippen molar-refractivity contribution in [3.8, 4) is 0 Å². The van der Waals surface area contributed by atoms with E-state index in [1.54, 1.807) is 16.4 Å². The molecule has 1 heterocycles. The number of benzene rings is 3. The van der Waals surface area contributed by atoms with Gasteiger partial charge in [-0.15, -0.1) is 0 Å². The lowest BCUT2D eigenvalue weighted by atomic mass is 10.1. The van der Waals surface area contributed by atoms with Gasteiger partial charge in [0.1, 0.15) is 0 Å². The fraction of sp³-hybridized carbons (Fsp3) is 0.379. The van der Waals surface area contributed by atoms with E-state index < -0.39 is 10.0 Å². The van der Waals surface area contributed by atoms with E-state index in [2.05, 4.69) is 61.2 Å². The molecule has 0 bridgehead atoms. The zero-order valence-electron chi connectivity index (χ0n) is 20.8. The van der Waals surface area contributed by atoms with E-state index in [0.717, 1.165) is 12.0 Å². The third-order valence-corrected chi connectivity index (χ3v) is 9.13. The van der Waals surface area contributed by atoms with Gasteiger partial charge in [0.2, 0.25) is 10.0 Å². The summed E-state index contributed by atoms with van der Waals surface area (Å²) in [6.07, 6.45) is 0.932. The van der Waals surface area contributed by atoms with E-state index in [4.69, 9.17) is 4.74 Å². The SMILES string of the molecule is Cc1ccc(S(=O)(=O)N2CCN([C@H]3c4ccccc4C[C@H]3OCc3cc(C)cc(C)c3)CC2)cc1. The van der Waals surface area contributed by atoms with Gasteiger partial charge in [-0.3, -0.25) is 4.90 Å². The molecule has 0 saturated carbocycles. The second-order valence-corrected chi connectivity index (χ2v) is 11.9. The Morgan fingerprint density at radius 2 is 1.49 bits per heavy atom. The summed E-state index contributed by atoms with van der Waals surface area (Å²) in [5.41, 5.74) is 7.40. The smallest absolute Gasteiger partial charge is 0.243 e. The van der Waals surface area contributed by atoms with Crippen LogP contribution in [0.1, 0.15) is 39.4 Å². The number of fused-ring (bicyclic) bond motifs is 1. The first-order valence-corrected chi connectivity index (χ1v) is 13.8. The van der Waals surface area contributed by atoms with Gasteiger partial charge in [0.05, 0.1) is 23.6 Å². The second kappa shape index (κ2) is 9.86. The molecule has 1 saturated heterocycles. The van der Waals surface area contributed by atoms with Gasteiger partial charge in [0.25, 0.3) is 0 Å². The van der Waals surface area contributed by atoms with Crippen molar-refractivity contribution in [1.82, 2.24) is 9.21 Å². The molecule has 35 heavy (non-hydrogen) atoms. The molecule has 5 rings (SSSR count). The summed E-state index contributed by atoms with van der Waals surface area (Å²) in [5, 5.41) is 0. The minimum Gasteiger partial charge on any atom is -0.371 e. The molecule has 3 aromatic carbocycles. The van der Waals surface area contributed by atoms with E-state index in [1.807, 2.05) is 19.1 Å². The van der Waals surface area contributed by atoms with Crippen LogP contribution in [-0.4, -0.2) is 49.9 Å². The van der Waals surface area contributed by atoms with Crippen molar-refractivity contribution in [3.05, 3.63) is 100 Å². The Morgan fingerprint density at radius 3 is 2.17 bits per heavy atom. The number of nitrogens with zero attached hydrogens (tertiary/aromatic N) is 2. The number of hydrogen-bond acceptors (Lipinski definition) is 4. The lowest BCUT2D eigenvalue weighted by Gasteiger charge is -2.39. The standard InChI is InChI=1S/C29H34N2O3S/c1-21-8-10-26(11-9-21)35(32,33)31-14-12-30(13-15-31)29-27-7-5-4-6-25(27)19-28(29)34-20-24-17-22(2)16-23(3)18-24/h4-11,16-18,28-29H,12-15,19-20H2,1-3H3/t28-,29+/m1/s1. The second-order valence-electron chi connectivity index (χ2n) is 9.95. The van der Waals surface area contributed by atoms with Gasteiger partial charge in [0.15, 0.2) is 0 Å². The van der Waals surface area contributed by atoms with Crippen LogP contribution in [0.25, 0.3) is 0 Å². The molecule has 1 aliphatic heterocycles. The lowest BCUT2D eigenvalue weighted by molar-refractivity contribution is -0.0233. The highest BCUT2D eigenvalue weighted by Crippen LogP contribution is 2.39. The summed E-state index contributed by atoms with van der Waals surface area (Å²) < 4.78 is 34.5. The topological polar surface area (TPSA) is 49.9 Å². The number of hydrogen-bond donors (Lipinski definition) is 0. The first-order chi connectivity index (χ1) is 16.8. The van der Waals surface area contributed by atoms with Crippen molar-refractivity contribution in [2.45, 2.75) is 50.8 Å². The highest BCUT2D eigenvalue weighted by atomic mass is 32.2. The van der Waals surface area contributed by atoms with Crippen molar-refractivity contribution in [3.63, 3.8) is 0 Å². The molecule has 0 amide bonds. The zero-order chi connectivity index (χ0) is 24.6. The van der Waals surface area contributed by atoms with Crippen molar-refractivity contribution in [2.75, 3.05) is 26.2 Å². The van der Waals surface area contributed by atoms with E-state index in [9.17, 15) is 8.42 Å². The molecule has 5 nitrogen and oxygen atoms in total. The number of piperazine rings is 1. The number of ether oxygens (including phenoxy) is 1. The summed E-state index contributed by atoms with van der Waals surface area (Å²) in [5.74, 6) is 0. The summed E-state index contributed by atoms with van der Waals surface area (Å²) in [6, 6.07) is 22.4. The lowest BCUT2D eigenvalue weighted by Crippen LogP contribution is -2.51. The maximum atomic E-state index is 13.2. The molecule has 184 valence electrons. The molecule has 0 aromatic heterocycles. The van der Waals surface area contributed by atoms with Crippen LogP contribution in [0.5, 0.6) is 0 Å². The van der Waals surface area contributed by atoms with E-state index in [1.165, 1.54) is 27.8 Å². The van der Waals surface area contributed by atoms with Crippen molar-refractivity contribution in [1.29, 1.82) is 0 Å². The van der Waals surface area contributed by atoms with Crippen LogP contribution >= 0.6 is 0 Å². The van der Waals surface area contributed by atoms with Crippen LogP contribution in [0.3, 0.4) is 0 Å². The zero-order valence-corrected chi connectivity index (χ0v) is 21.6. The molecular formula is C29H34N2O3S. The van der Waals surface area contributed by atoms with Crippen molar-refractivity contribution in [2.24, 2.45) is 0 Å². The largest absolute Gasteiger partial charge is 0.371 e. The Bertz CT molecular complexity index is 1280. The minimum absolute atomic E-state index is 0.0495. The maximum absolute atomic E-state index is 13.2. The van der Waals surface area contributed by atoms with Crippen LogP contribution in [0, 0.1) is 20.8 Å². The first kappa shape index (κ1) is 24.2. The summed E-state index contributed by atoms with van der Waals surface area (Å²) in [6.45, 7) is 9.13. The molecule has 1 fully saturated rings. The number of rotatable bonds is 6. The van der Waals surface area contributed by atoms with Crippen LogP contribution < -0.4 is 0 Å². The Hall–Kier alpha value is -2.51. The van der Waals surface area contributed by atoms with Crippen LogP contribution in [0.2, 0.25) is 0 Å². The number of aryl methyl sites for hydroxylation is 3. The quantitative estimate of drug-likeness (QED) is 0.498. The predicted octanol–water partition coefficient (Wildman–Crippen LogP) is 4.80. The van der Waals surface area contributed by atoms with E-state index >= 15 is 0 Å². The molecule has 3 aromatic rings. The third kappa shape index (κ3) is 5.07.